The van der Waals surface area contributed by atoms with Gasteiger partial charge in [0.1, 0.15) is 35.4 Å². The van der Waals surface area contributed by atoms with Gasteiger partial charge in [-0.05, 0) is 51.4 Å². The zero-order chi connectivity index (χ0) is 26.9. The highest BCUT2D eigenvalue weighted by Crippen LogP contribution is 2.27. The third kappa shape index (κ3) is 9.74. The van der Waals surface area contributed by atoms with Crippen LogP contribution in [0.5, 0.6) is 0 Å². The summed E-state index contributed by atoms with van der Waals surface area (Å²) in [5.74, 6) is -4.71. The van der Waals surface area contributed by atoms with E-state index in [2.05, 4.69) is 5.32 Å². The lowest BCUT2D eigenvalue weighted by Gasteiger charge is -2.33. The molecular formula is C25H33F4N3O4. The summed E-state index contributed by atoms with van der Waals surface area (Å²) in [6.07, 6.45) is 0.634. The molecule has 7 nitrogen and oxygen atoms in total. The van der Waals surface area contributed by atoms with Crippen LogP contribution in [0.25, 0.3) is 0 Å². The monoisotopic (exact) mass is 515 g/mol. The van der Waals surface area contributed by atoms with E-state index in [-0.39, 0.29) is 29.2 Å². The molecule has 0 aromatic heterocycles. The van der Waals surface area contributed by atoms with E-state index >= 15 is 0 Å². The Balaban J connectivity index is 0.000000930. The number of nitrogens with one attached hydrogen (secondary N) is 1. The number of amides is 1. The summed E-state index contributed by atoms with van der Waals surface area (Å²) in [7, 11) is 1.47. The van der Waals surface area contributed by atoms with E-state index in [0.717, 1.165) is 18.2 Å². The minimum atomic E-state index is -1.18. The van der Waals surface area contributed by atoms with Crippen LogP contribution in [0, 0.1) is 29.2 Å². The predicted molar refractivity (Wildman–Crippen MR) is 128 cm³/mol. The number of aldehydes is 1. The number of benzene rings is 2. The molecule has 0 spiro atoms. The number of likely N-dealkylation sites (N-methyl/N-ethyl adjacent to an activating group) is 1. The predicted octanol–water partition coefficient (Wildman–Crippen LogP) is 4.90. The maximum absolute atomic E-state index is 14.3. The van der Waals surface area contributed by atoms with Gasteiger partial charge in [0.05, 0.1) is 5.56 Å². The van der Waals surface area contributed by atoms with E-state index in [9.17, 15) is 37.1 Å². The highest BCUT2D eigenvalue weighted by atomic mass is 19.1. The number of carbonyl (C=O) groups is 3. The Morgan fingerprint density at radius 2 is 1.50 bits per heavy atom. The van der Waals surface area contributed by atoms with Crippen LogP contribution < -0.4 is 11.5 Å². The Kier molecular flexibility index (Phi) is 13.6. The molecule has 5 N–H and O–H groups in total. The highest BCUT2D eigenvalue weighted by Gasteiger charge is 2.35. The minimum Gasteiger partial charge on any atom is -0.480 e. The van der Waals surface area contributed by atoms with Gasteiger partial charge in [0, 0.05) is 23.7 Å². The fourth-order valence-corrected chi connectivity index (χ4v) is 3.30. The van der Waals surface area contributed by atoms with Gasteiger partial charge in [-0.3, -0.25) is 19.3 Å². The summed E-state index contributed by atoms with van der Waals surface area (Å²) in [6.45, 7) is 7.23. The van der Waals surface area contributed by atoms with E-state index in [0.29, 0.717) is 24.8 Å². The van der Waals surface area contributed by atoms with E-state index in [1.165, 1.54) is 18.0 Å². The van der Waals surface area contributed by atoms with Crippen molar-refractivity contribution >= 4 is 18.2 Å². The molecule has 0 aliphatic heterocycles. The number of carboxylic acid groups (broad SMARTS) is 1. The van der Waals surface area contributed by atoms with E-state index in [1.54, 1.807) is 13.8 Å². The average molecular weight is 516 g/mol. The van der Waals surface area contributed by atoms with Crippen LogP contribution in [-0.2, 0) is 9.59 Å². The van der Waals surface area contributed by atoms with Gasteiger partial charge in [0.15, 0.2) is 6.29 Å². The molecule has 0 aliphatic rings. The topological polar surface area (TPSA) is 122 Å². The van der Waals surface area contributed by atoms with Gasteiger partial charge in [-0.25, -0.2) is 17.6 Å². The standard InChI is InChI=1S/C18H26F2N2O3.C7H4F2O.H3N/c1-10(2)8-15(18(24)25)22(5)16(17(23)21-11(3)4)13-7-6-12(19)9-14(13)20;8-6-2-1-5(4-10)7(9)3-6;/h6-7,9-11,15-16H,8H2,1-5H3,(H,21,23)(H,24,25);1-4H;1H3/t15-,16+;;/m0../s1. The van der Waals surface area contributed by atoms with Crippen molar-refractivity contribution in [1.29, 1.82) is 0 Å². The number of halogens is 4. The SMILES string of the molecule is CC(C)C[C@@H](C(=O)O)N(C)[C@@H](C(=O)NC(C)C)c1ccc(F)cc1F.N.O=Cc1ccc(F)cc1F. The summed E-state index contributed by atoms with van der Waals surface area (Å²) in [6, 6.07) is 3.36. The van der Waals surface area contributed by atoms with Gasteiger partial charge in [0.2, 0.25) is 5.91 Å². The summed E-state index contributed by atoms with van der Waals surface area (Å²) < 4.78 is 52.0. The smallest absolute Gasteiger partial charge is 0.320 e. The number of hydrogen-bond acceptors (Lipinski definition) is 5. The van der Waals surface area contributed by atoms with Gasteiger partial charge < -0.3 is 16.6 Å². The number of nitrogens with zero attached hydrogens (tertiary/aromatic N) is 1. The average Bonchev–Trinajstić information content (AvgIpc) is 2.73. The Bertz CT molecular complexity index is 1030. The van der Waals surface area contributed by atoms with Crippen LogP contribution in [0.15, 0.2) is 36.4 Å². The summed E-state index contributed by atoms with van der Waals surface area (Å²) in [5.41, 5.74) is -0.182. The third-order valence-electron chi connectivity index (χ3n) is 4.90. The molecule has 1 amide bonds. The van der Waals surface area contributed by atoms with Gasteiger partial charge in [-0.15, -0.1) is 0 Å². The van der Waals surface area contributed by atoms with E-state index in [1.807, 2.05) is 13.8 Å². The normalized spacial score (nSPS) is 12.3. The number of carbonyl (C=O) groups excluding carboxylic acids is 2. The zero-order valence-corrected chi connectivity index (χ0v) is 20.9. The van der Waals surface area contributed by atoms with Crippen molar-refractivity contribution in [3.63, 3.8) is 0 Å². The molecule has 11 heteroatoms. The lowest BCUT2D eigenvalue weighted by atomic mass is 9.97. The molecule has 0 heterocycles. The molecule has 2 aromatic rings. The number of aliphatic carboxylic acids is 1. The van der Waals surface area contributed by atoms with Gasteiger partial charge in [-0.2, -0.15) is 0 Å². The van der Waals surface area contributed by atoms with Gasteiger partial charge >= 0.3 is 5.97 Å². The minimum absolute atomic E-state index is 0. The number of rotatable bonds is 9. The van der Waals surface area contributed by atoms with Gasteiger partial charge in [-0.1, -0.05) is 19.9 Å². The van der Waals surface area contributed by atoms with Crippen LogP contribution in [0.1, 0.15) is 56.1 Å². The van der Waals surface area contributed by atoms with Crippen molar-refractivity contribution in [2.24, 2.45) is 5.92 Å². The molecule has 2 rings (SSSR count). The molecule has 0 unspecified atom stereocenters. The first-order chi connectivity index (χ1) is 16.3. The lowest BCUT2D eigenvalue weighted by molar-refractivity contribution is -0.145. The summed E-state index contributed by atoms with van der Waals surface area (Å²) in [4.78, 5) is 35.6. The fraction of sp³-hybridized carbons (Fsp3) is 0.400. The lowest BCUT2D eigenvalue weighted by Crippen LogP contribution is -2.48. The molecule has 0 fully saturated rings. The molecule has 0 saturated heterocycles. The molecule has 200 valence electrons. The fourth-order valence-electron chi connectivity index (χ4n) is 3.30. The van der Waals surface area contributed by atoms with Crippen molar-refractivity contribution in [2.75, 3.05) is 7.05 Å². The van der Waals surface area contributed by atoms with E-state index in [4.69, 9.17) is 0 Å². The second-order valence-electron chi connectivity index (χ2n) is 8.66. The van der Waals surface area contributed by atoms with Crippen LogP contribution in [0.3, 0.4) is 0 Å². The molecule has 0 radical (unpaired) electrons. The Morgan fingerprint density at radius 3 is 1.92 bits per heavy atom. The summed E-state index contributed by atoms with van der Waals surface area (Å²) >= 11 is 0. The first-order valence-electron chi connectivity index (χ1n) is 10.9. The Labute approximate surface area is 208 Å². The number of carboxylic acids is 1. The van der Waals surface area contributed by atoms with Crippen molar-refractivity contribution in [1.82, 2.24) is 16.4 Å². The number of hydrogen-bond donors (Lipinski definition) is 3. The summed E-state index contributed by atoms with van der Waals surface area (Å²) in [5, 5.41) is 12.2. The third-order valence-corrected chi connectivity index (χ3v) is 4.90. The molecule has 0 saturated carbocycles. The molecule has 36 heavy (non-hydrogen) atoms. The van der Waals surface area contributed by atoms with Gasteiger partial charge in [0.25, 0.3) is 0 Å². The molecule has 2 aromatic carbocycles. The van der Waals surface area contributed by atoms with Crippen LogP contribution in [-0.4, -0.2) is 47.3 Å². The van der Waals surface area contributed by atoms with Crippen molar-refractivity contribution < 1.29 is 37.1 Å². The molecule has 2 atom stereocenters. The molecule has 0 aliphatic carbocycles. The largest absolute Gasteiger partial charge is 0.480 e. The zero-order valence-electron chi connectivity index (χ0n) is 20.9. The maximum atomic E-state index is 14.3. The molecule has 0 bridgehead atoms. The van der Waals surface area contributed by atoms with Crippen LogP contribution in [0.2, 0.25) is 0 Å². The van der Waals surface area contributed by atoms with Crippen molar-refractivity contribution in [2.45, 2.75) is 52.2 Å². The van der Waals surface area contributed by atoms with Crippen molar-refractivity contribution in [3.05, 3.63) is 70.8 Å². The Hall–Kier alpha value is -3.31. The first kappa shape index (κ1) is 32.7. The van der Waals surface area contributed by atoms with Crippen LogP contribution in [0.4, 0.5) is 17.6 Å². The molecular weight excluding hydrogens is 482 g/mol. The first-order valence-corrected chi connectivity index (χ1v) is 10.9. The quantitative estimate of drug-likeness (QED) is 0.323. The second kappa shape index (κ2) is 14.9. The maximum Gasteiger partial charge on any atom is 0.320 e. The highest BCUT2D eigenvalue weighted by molar-refractivity contribution is 5.84. The van der Waals surface area contributed by atoms with Crippen molar-refractivity contribution in [3.8, 4) is 0 Å². The Morgan fingerprint density at radius 1 is 0.972 bits per heavy atom. The van der Waals surface area contributed by atoms with Crippen LogP contribution >= 0.6 is 0 Å². The van der Waals surface area contributed by atoms with E-state index < -0.39 is 47.2 Å². The second-order valence-corrected chi connectivity index (χ2v) is 8.66.